The van der Waals surface area contributed by atoms with Gasteiger partial charge in [0.1, 0.15) is 10.0 Å². The van der Waals surface area contributed by atoms with Gasteiger partial charge < -0.3 is 11.1 Å². The summed E-state index contributed by atoms with van der Waals surface area (Å²) in [5.74, 6) is -0.174. The Hall–Kier alpha value is -1.01. The molecule has 1 aromatic heterocycles. The topological polar surface area (TPSA) is 80.9 Å². The van der Waals surface area contributed by atoms with Crippen molar-refractivity contribution in [3.05, 3.63) is 10.0 Å². The molecule has 0 aliphatic heterocycles. The molecule has 90 valence electrons. The Morgan fingerprint density at radius 3 is 2.56 bits per heavy atom. The first-order chi connectivity index (χ1) is 7.30. The first-order valence-electron chi connectivity index (χ1n) is 5.17. The number of hydrogen-bond donors (Lipinski definition) is 2. The van der Waals surface area contributed by atoms with Crippen molar-refractivity contribution in [1.82, 2.24) is 15.5 Å². The Kier molecular flexibility index (Phi) is 3.98. The minimum atomic E-state index is -0.491. The van der Waals surface area contributed by atoms with Crippen LogP contribution in [0.25, 0.3) is 0 Å². The Balaban J connectivity index is 2.57. The lowest BCUT2D eigenvalue weighted by molar-refractivity contribution is -0.122. The van der Waals surface area contributed by atoms with Crippen molar-refractivity contribution < 1.29 is 4.79 Å². The average molecular weight is 242 g/mol. The molecule has 1 amide bonds. The first-order valence-corrected chi connectivity index (χ1v) is 5.98. The van der Waals surface area contributed by atoms with E-state index in [2.05, 4.69) is 36.3 Å². The van der Waals surface area contributed by atoms with E-state index in [4.69, 9.17) is 5.73 Å². The van der Waals surface area contributed by atoms with E-state index < -0.39 is 6.04 Å². The van der Waals surface area contributed by atoms with E-state index in [0.29, 0.717) is 6.54 Å². The number of nitrogens with one attached hydrogen (secondary N) is 1. The molecular weight excluding hydrogens is 224 g/mol. The predicted molar refractivity (Wildman–Crippen MR) is 64.1 cm³/mol. The normalized spacial score (nSPS) is 13.6. The maximum absolute atomic E-state index is 11.2. The van der Waals surface area contributed by atoms with Crippen LogP contribution in [0, 0.1) is 0 Å². The summed E-state index contributed by atoms with van der Waals surface area (Å²) in [6.07, 6.45) is 0. The quantitative estimate of drug-likeness (QED) is 0.821. The fourth-order valence-corrected chi connectivity index (χ4v) is 1.79. The second-order valence-corrected chi connectivity index (χ2v) is 5.82. The van der Waals surface area contributed by atoms with E-state index in [0.717, 1.165) is 10.0 Å². The van der Waals surface area contributed by atoms with Crippen molar-refractivity contribution in [3.63, 3.8) is 0 Å². The zero-order valence-electron chi connectivity index (χ0n) is 10.1. The molecule has 16 heavy (non-hydrogen) atoms. The highest BCUT2D eigenvalue weighted by atomic mass is 32.1. The van der Waals surface area contributed by atoms with Crippen LogP contribution in [0.1, 0.15) is 37.7 Å². The van der Waals surface area contributed by atoms with Crippen LogP contribution in [-0.4, -0.2) is 22.1 Å². The standard InChI is InChI=1S/C10H18N4OS/c1-6(11)8(15)12-5-7-13-14-9(16-7)10(2,3)4/h6H,5,11H2,1-4H3,(H,12,15)/t6-/m0/s1. The molecule has 0 bridgehead atoms. The Bertz CT molecular complexity index is 367. The van der Waals surface area contributed by atoms with E-state index in [1.165, 1.54) is 11.3 Å². The molecule has 0 radical (unpaired) electrons. The van der Waals surface area contributed by atoms with E-state index >= 15 is 0 Å². The summed E-state index contributed by atoms with van der Waals surface area (Å²) in [6, 6.07) is -0.491. The maximum Gasteiger partial charge on any atom is 0.236 e. The highest BCUT2D eigenvalue weighted by Crippen LogP contribution is 2.25. The minimum absolute atomic E-state index is 0.00108. The number of carbonyl (C=O) groups is 1. The minimum Gasteiger partial charge on any atom is -0.348 e. The summed E-state index contributed by atoms with van der Waals surface area (Å²) in [7, 11) is 0. The van der Waals surface area contributed by atoms with Crippen molar-refractivity contribution in [2.75, 3.05) is 0 Å². The number of rotatable bonds is 3. The first kappa shape index (κ1) is 13.1. The third-order valence-corrected chi connectivity index (χ3v) is 3.28. The molecule has 0 unspecified atom stereocenters. The average Bonchev–Trinajstić information content (AvgIpc) is 2.61. The molecule has 6 heteroatoms. The van der Waals surface area contributed by atoms with Crippen LogP contribution in [0.15, 0.2) is 0 Å². The van der Waals surface area contributed by atoms with Crippen molar-refractivity contribution in [2.45, 2.75) is 45.7 Å². The highest BCUT2D eigenvalue weighted by molar-refractivity contribution is 7.11. The molecule has 3 N–H and O–H groups in total. The van der Waals surface area contributed by atoms with Gasteiger partial charge in [-0.3, -0.25) is 4.79 Å². The Labute approximate surface area is 99.5 Å². The molecule has 1 heterocycles. The largest absolute Gasteiger partial charge is 0.348 e. The van der Waals surface area contributed by atoms with E-state index in [1.807, 2.05) is 0 Å². The summed E-state index contributed by atoms with van der Waals surface area (Å²) in [6.45, 7) is 8.29. The van der Waals surface area contributed by atoms with Crippen molar-refractivity contribution in [2.24, 2.45) is 5.73 Å². The maximum atomic E-state index is 11.2. The predicted octanol–water partition coefficient (Wildman–Crippen LogP) is 0.799. The molecular formula is C10H18N4OS. The van der Waals surface area contributed by atoms with Crippen LogP contribution in [0.4, 0.5) is 0 Å². The molecule has 0 aromatic carbocycles. The van der Waals surface area contributed by atoms with Crippen LogP contribution in [0.5, 0.6) is 0 Å². The number of nitrogens with two attached hydrogens (primary N) is 1. The fourth-order valence-electron chi connectivity index (χ4n) is 0.952. The Morgan fingerprint density at radius 1 is 1.50 bits per heavy atom. The fraction of sp³-hybridized carbons (Fsp3) is 0.700. The zero-order chi connectivity index (χ0) is 12.3. The zero-order valence-corrected chi connectivity index (χ0v) is 10.9. The van der Waals surface area contributed by atoms with Gasteiger partial charge in [-0.1, -0.05) is 32.1 Å². The van der Waals surface area contributed by atoms with Crippen LogP contribution >= 0.6 is 11.3 Å². The lowest BCUT2D eigenvalue weighted by atomic mass is 9.98. The van der Waals surface area contributed by atoms with Gasteiger partial charge in [0.15, 0.2) is 0 Å². The van der Waals surface area contributed by atoms with E-state index in [1.54, 1.807) is 6.92 Å². The number of aromatic nitrogens is 2. The van der Waals surface area contributed by atoms with Crippen molar-refractivity contribution in [3.8, 4) is 0 Å². The molecule has 5 nitrogen and oxygen atoms in total. The van der Waals surface area contributed by atoms with Crippen molar-refractivity contribution >= 4 is 17.2 Å². The molecule has 1 aromatic rings. The molecule has 1 rings (SSSR count). The van der Waals surface area contributed by atoms with Gasteiger partial charge >= 0.3 is 0 Å². The van der Waals surface area contributed by atoms with Gasteiger partial charge in [0, 0.05) is 5.41 Å². The second-order valence-electron chi connectivity index (χ2n) is 4.76. The smallest absolute Gasteiger partial charge is 0.236 e. The highest BCUT2D eigenvalue weighted by Gasteiger charge is 2.19. The lowest BCUT2D eigenvalue weighted by Gasteiger charge is -2.12. The van der Waals surface area contributed by atoms with Gasteiger partial charge in [-0.25, -0.2) is 0 Å². The molecule has 0 spiro atoms. The number of carbonyl (C=O) groups excluding carboxylic acids is 1. The monoisotopic (exact) mass is 242 g/mol. The van der Waals surface area contributed by atoms with Crippen LogP contribution in [0.3, 0.4) is 0 Å². The van der Waals surface area contributed by atoms with Crippen LogP contribution in [-0.2, 0) is 16.8 Å². The van der Waals surface area contributed by atoms with E-state index in [9.17, 15) is 4.79 Å². The van der Waals surface area contributed by atoms with Gasteiger partial charge in [0.2, 0.25) is 5.91 Å². The number of nitrogens with zero attached hydrogens (tertiary/aromatic N) is 2. The van der Waals surface area contributed by atoms with Gasteiger partial charge in [0.25, 0.3) is 0 Å². The molecule has 0 saturated carbocycles. The van der Waals surface area contributed by atoms with Gasteiger partial charge in [-0.2, -0.15) is 0 Å². The SMILES string of the molecule is C[C@H](N)C(=O)NCc1nnc(C(C)(C)C)s1. The summed E-state index contributed by atoms with van der Waals surface area (Å²) in [5, 5.41) is 12.6. The van der Waals surface area contributed by atoms with Crippen LogP contribution in [0.2, 0.25) is 0 Å². The van der Waals surface area contributed by atoms with E-state index in [-0.39, 0.29) is 11.3 Å². The molecule has 0 saturated heterocycles. The summed E-state index contributed by atoms with van der Waals surface area (Å²) < 4.78 is 0. The number of hydrogen-bond acceptors (Lipinski definition) is 5. The van der Waals surface area contributed by atoms with Crippen LogP contribution < -0.4 is 11.1 Å². The molecule has 1 atom stereocenters. The Morgan fingerprint density at radius 2 is 2.12 bits per heavy atom. The summed E-state index contributed by atoms with van der Waals surface area (Å²) in [5.41, 5.74) is 5.43. The van der Waals surface area contributed by atoms with Gasteiger partial charge in [-0.05, 0) is 6.92 Å². The second kappa shape index (κ2) is 4.88. The lowest BCUT2D eigenvalue weighted by Crippen LogP contribution is -2.37. The summed E-state index contributed by atoms with van der Waals surface area (Å²) in [4.78, 5) is 11.2. The third kappa shape index (κ3) is 3.53. The number of amides is 1. The molecule has 0 fully saturated rings. The van der Waals surface area contributed by atoms with Gasteiger partial charge in [-0.15, -0.1) is 10.2 Å². The molecule has 0 aliphatic rings. The van der Waals surface area contributed by atoms with Crippen molar-refractivity contribution in [1.29, 1.82) is 0 Å². The summed E-state index contributed by atoms with van der Waals surface area (Å²) >= 11 is 1.52. The van der Waals surface area contributed by atoms with Gasteiger partial charge in [0.05, 0.1) is 12.6 Å². The molecule has 0 aliphatic carbocycles. The third-order valence-electron chi connectivity index (χ3n) is 1.94.